The molecule has 0 atom stereocenters. The zero-order valence-corrected chi connectivity index (χ0v) is 12.6. The van der Waals surface area contributed by atoms with Crippen LogP contribution < -0.4 is 4.74 Å². The molecule has 0 spiro atoms. The van der Waals surface area contributed by atoms with Gasteiger partial charge in [-0.1, -0.05) is 31.2 Å². The first-order valence-corrected chi connectivity index (χ1v) is 7.36. The SMILES string of the molecule is CCCOc1cncc(C(=O)CCc2ccccc2C)c1. The standard InChI is InChI=1S/C18H21NO2/c1-3-10-21-17-11-16(12-19-13-17)18(20)9-8-15-7-5-4-6-14(15)2/h4-7,11-13H,3,8-10H2,1-2H3. The first kappa shape index (κ1) is 15.2. The number of aromatic nitrogens is 1. The van der Waals surface area contributed by atoms with Gasteiger partial charge in [-0.05, 0) is 37.0 Å². The van der Waals surface area contributed by atoms with Crippen LogP contribution >= 0.6 is 0 Å². The number of nitrogens with zero attached hydrogens (tertiary/aromatic N) is 1. The highest BCUT2D eigenvalue weighted by atomic mass is 16.5. The maximum absolute atomic E-state index is 12.3. The van der Waals surface area contributed by atoms with Crippen LogP contribution in [0.5, 0.6) is 5.75 Å². The summed E-state index contributed by atoms with van der Waals surface area (Å²) in [5.41, 5.74) is 3.07. The Kier molecular flexibility index (Phi) is 5.50. The Hall–Kier alpha value is -2.16. The second-order valence-corrected chi connectivity index (χ2v) is 5.11. The summed E-state index contributed by atoms with van der Waals surface area (Å²) in [5, 5.41) is 0. The number of ketones is 1. The fourth-order valence-electron chi connectivity index (χ4n) is 2.15. The zero-order valence-electron chi connectivity index (χ0n) is 12.6. The summed E-state index contributed by atoms with van der Waals surface area (Å²) in [4.78, 5) is 16.3. The molecule has 0 amide bonds. The Labute approximate surface area is 126 Å². The fraction of sp³-hybridized carbons (Fsp3) is 0.333. The molecule has 0 radical (unpaired) electrons. The summed E-state index contributed by atoms with van der Waals surface area (Å²) < 4.78 is 5.51. The Bertz CT molecular complexity index is 608. The topological polar surface area (TPSA) is 39.2 Å². The molecule has 3 heteroatoms. The van der Waals surface area contributed by atoms with E-state index >= 15 is 0 Å². The van der Waals surface area contributed by atoms with Crippen LogP contribution in [0, 0.1) is 6.92 Å². The number of ether oxygens (including phenoxy) is 1. The van der Waals surface area contributed by atoms with Gasteiger partial charge in [0.2, 0.25) is 0 Å². The first-order valence-electron chi connectivity index (χ1n) is 7.36. The van der Waals surface area contributed by atoms with Crippen molar-refractivity contribution in [1.29, 1.82) is 0 Å². The second-order valence-electron chi connectivity index (χ2n) is 5.11. The molecule has 0 aliphatic rings. The van der Waals surface area contributed by atoms with E-state index in [1.165, 1.54) is 11.1 Å². The number of hydrogen-bond donors (Lipinski definition) is 0. The normalized spacial score (nSPS) is 10.4. The van der Waals surface area contributed by atoms with E-state index in [1.807, 2.05) is 19.1 Å². The average molecular weight is 283 g/mol. The van der Waals surface area contributed by atoms with Crippen LogP contribution in [0.1, 0.15) is 41.3 Å². The van der Waals surface area contributed by atoms with Gasteiger partial charge in [0.15, 0.2) is 5.78 Å². The Morgan fingerprint density at radius 2 is 2.05 bits per heavy atom. The van der Waals surface area contributed by atoms with Gasteiger partial charge in [-0.15, -0.1) is 0 Å². The zero-order chi connectivity index (χ0) is 15.1. The van der Waals surface area contributed by atoms with Crippen molar-refractivity contribution < 1.29 is 9.53 Å². The lowest BCUT2D eigenvalue weighted by Crippen LogP contribution is -2.04. The number of Topliss-reactive ketones (excluding diaryl/α,β-unsaturated/α-hetero) is 1. The van der Waals surface area contributed by atoms with Crippen molar-refractivity contribution in [3.63, 3.8) is 0 Å². The van der Waals surface area contributed by atoms with Gasteiger partial charge >= 0.3 is 0 Å². The molecule has 0 saturated carbocycles. The summed E-state index contributed by atoms with van der Waals surface area (Å²) in [5.74, 6) is 0.770. The summed E-state index contributed by atoms with van der Waals surface area (Å²) in [6, 6.07) is 9.94. The van der Waals surface area contributed by atoms with Crippen molar-refractivity contribution in [3.8, 4) is 5.75 Å². The van der Waals surface area contributed by atoms with Crippen molar-refractivity contribution in [2.24, 2.45) is 0 Å². The van der Waals surface area contributed by atoms with E-state index in [2.05, 4.69) is 24.0 Å². The van der Waals surface area contributed by atoms with Crippen molar-refractivity contribution in [3.05, 3.63) is 59.4 Å². The van der Waals surface area contributed by atoms with Gasteiger partial charge in [-0.25, -0.2) is 0 Å². The molecular weight excluding hydrogens is 262 g/mol. The van der Waals surface area contributed by atoms with Crippen LogP contribution in [0.3, 0.4) is 0 Å². The summed E-state index contributed by atoms with van der Waals surface area (Å²) in [6.07, 6.45) is 5.44. The van der Waals surface area contributed by atoms with E-state index in [0.717, 1.165) is 12.8 Å². The van der Waals surface area contributed by atoms with Crippen LogP contribution in [-0.2, 0) is 6.42 Å². The molecule has 110 valence electrons. The fourth-order valence-corrected chi connectivity index (χ4v) is 2.15. The molecule has 0 aliphatic carbocycles. The largest absolute Gasteiger partial charge is 0.492 e. The van der Waals surface area contributed by atoms with Gasteiger partial charge in [-0.2, -0.15) is 0 Å². The van der Waals surface area contributed by atoms with E-state index in [0.29, 0.717) is 24.3 Å². The van der Waals surface area contributed by atoms with Crippen LogP contribution in [0.15, 0.2) is 42.7 Å². The molecule has 0 aliphatic heterocycles. The number of pyridine rings is 1. The second kappa shape index (κ2) is 7.58. The number of carbonyl (C=O) groups is 1. The molecule has 2 rings (SSSR count). The number of aryl methyl sites for hydroxylation is 2. The van der Waals surface area contributed by atoms with E-state index in [9.17, 15) is 4.79 Å². The maximum Gasteiger partial charge on any atom is 0.164 e. The molecule has 0 unspecified atom stereocenters. The van der Waals surface area contributed by atoms with Crippen molar-refractivity contribution in [2.45, 2.75) is 33.1 Å². The van der Waals surface area contributed by atoms with E-state index in [4.69, 9.17) is 4.74 Å². The van der Waals surface area contributed by atoms with Crippen LogP contribution in [0.2, 0.25) is 0 Å². The highest BCUT2D eigenvalue weighted by Gasteiger charge is 2.09. The molecule has 0 bridgehead atoms. The number of carbonyl (C=O) groups excluding carboxylic acids is 1. The van der Waals surface area contributed by atoms with Gasteiger partial charge in [0, 0.05) is 18.2 Å². The molecule has 1 aromatic carbocycles. The minimum atomic E-state index is 0.104. The van der Waals surface area contributed by atoms with Gasteiger partial charge in [0.05, 0.1) is 12.8 Å². The lowest BCUT2D eigenvalue weighted by molar-refractivity contribution is 0.0982. The molecular formula is C18H21NO2. The molecule has 0 saturated heterocycles. The predicted octanol–water partition coefficient (Wildman–Crippen LogP) is 3.99. The Morgan fingerprint density at radius 3 is 2.81 bits per heavy atom. The van der Waals surface area contributed by atoms with Crippen molar-refractivity contribution in [1.82, 2.24) is 4.98 Å². The molecule has 0 fully saturated rings. The molecule has 2 aromatic rings. The quantitative estimate of drug-likeness (QED) is 0.721. The third kappa shape index (κ3) is 4.42. The lowest BCUT2D eigenvalue weighted by atomic mass is 10.0. The van der Waals surface area contributed by atoms with Crippen molar-refractivity contribution in [2.75, 3.05) is 6.61 Å². The summed E-state index contributed by atoms with van der Waals surface area (Å²) in [7, 11) is 0. The van der Waals surface area contributed by atoms with Gasteiger partial charge in [0.25, 0.3) is 0 Å². The van der Waals surface area contributed by atoms with Crippen LogP contribution in [0.25, 0.3) is 0 Å². The average Bonchev–Trinajstić information content (AvgIpc) is 2.52. The smallest absolute Gasteiger partial charge is 0.164 e. The van der Waals surface area contributed by atoms with Gasteiger partial charge in [-0.3, -0.25) is 9.78 Å². The molecule has 21 heavy (non-hydrogen) atoms. The number of benzene rings is 1. The highest BCUT2D eigenvalue weighted by Crippen LogP contribution is 2.15. The van der Waals surface area contributed by atoms with Crippen LogP contribution in [-0.4, -0.2) is 17.4 Å². The van der Waals surface area contributed by atoms with E-state index < -0.39 is 0 Å². The van der Waals surface area contributed by atoms with Crippen molar-refractivity contribution >= 4 is 5.78 Å². The molecule has 3 nitrogen and oxygen atoms in total. The predicted molar refractivity (Wildman–Crippen MR) is 83.9 cm³/mol. The first-order chi connectivity index (χ1) is 10.2. The Morgan fingerprint density at radius 1 is 1.24 bits per heavy atom. The molecule has 0 N–H and O–H groups in total. The van der Waals surface area contributed by atoms with Crippen LogP contribution in [0.4, 0.5) is 0 Å². The Balaban J connectivity index is 1.98. The third-order valence-electron chi connectivity index (χ3n) is 3.39. The molecule has 1 heterocycles. The minimum Gasteiger partial charge on any atom is -0.492 e. The highest BCUT2D eigenvalue weighted by molar-refractivity contribution is 5.96. The maximum atomic E-state index is 12.3. The number of hydrogen-bond acceptors (Lipinski definition) is 3. The van der Waals surface area contributed by atoms with E-state index in [-0.39, 0.29) is 5.78 Å². The monoisotopic (exact) mass is 283 g/mol. The lowest BCUT2D eigenvalue weighted by Gasteiger charge is -2.07. The van der Waals surface area contributed by atoms with Gasteiger partial charge in [0.1, 0.15) is 5.75 Å². The third-order valence-corrected chi connectivity index (χ3v) is 3.39. The van der Waals surface area contributed by atoms with E-state index in [1.54, 1.807) is 18.5 Å². The van der Waals surface area contributed by atoms with Gasteiger partial charge < -0.3 is 4.74 Å². The molecule has 1 aromatic heterocycles. The summed E-state index contributed by atoms with van der Waals surface area (Å²) >= 11 is 0. The minimum absolute atomic E-state index is 0.104. The summed E-state index contributed by atoms with van der Waals surface area (Å²) in [6.45, 7) is 4.76. The number of rotatable bonds is 7.